The van der Waals surface area contributed by atoms with Crippen molar-refractivity contribution in [2.24, 2.45) is 5.73 Å². The van der Waals surface area contributed by atoms with E-state index in [1.54, 1.807) is 6.20 Å². The molecule has 0 saturated heterocycles. The summed E-state index contributed by atoms with van der Waals surface area (Å²) in [6.45, 7) is 2.02. The van der Waals surface area contributed by atoms with Crippen LogP contribution in [0.5, 0.6) is 0 Å². The Morgan fingerprint density at radius 2 is 2.06 bits per heavy atom. The lowest BCUT2D eigenvalue weighted by atomic mass is 10.1. The summed E-state index contributed by atoms with van der Waals surface area (Å²) in [6, 6.07) is 11.5. The van der Waals surface area contributed by atoms with Crippen LogP contribution >= 0.6 is 0 Å². The van der Waals surface area contributed by atoms with E-state index < -0.39 is 0 Å². The van der Waals surface area contributed by atoms with Gasteiger partial charge in [0.05, 0.1) is 0 Å². The molecule has 18 heavy (non-hydrogen) atoms. The fourth-order valence-corrected chi connectivity index (χ4v) is 1.83. The van der Waals surface area contributed by atoms with E-state index in [-0.39, 0.29) is 5.84 Å². The van der Waals surface area contributed by atoms with Gasteiger partial charge in [0.25, 0.3) is 0 Å². The topological polar surface area (TPSA) is 66.0 Å². The molecule has 0 aliphatic carbocycles. The lowest BCUT2D eigenvalue weighted by Crippen LogP contribution is -2.15. The van der Waals surface area contributed by atoms with Crippen molar-refractivity contribution in [2.75, 3.05) is 11.9 Å². The molecule has 92 valence electrons. The number of benzene rings is 1. The summed E-state index contributed by atoms with van der Waals surface area (Å²) in [4.78, 5) is 6.36. The minimum atomic E-state index is 0.0722. The summed E-state index contributed by atoms with van der Waals surface area (Å²) in [5.41, 5.74) is 8.28. The number of pyridine rings is 1. The van der Waals surface area contributed by atoms with Crippen LogP contribution in [0.3, 0.4) is 0 Å². The molecule has 0 fully saturated rings. The molecule has 0 spiro atoms. The highest BCUT2D eigenvalue weighted by Gasteiger charge is 2.08. The summed E-state index contributed by atoms with van der Waals surface area (Å²) in [6.07, 6.45) is 1.77. The van der Waals surface area contributed by atoms with Crippen LogP contribution in [-0.2, 0) is 0 Å². The first-order valence-electron chi connectivity index (χ1n) is 5.69. The van der Waals surface area contributed by atoms with Crippen LogP contribution in [0.1, 0.15) is 11.1 Å². The van der Waals surface area contributed by atoms with Crippen molar-refractivity contribution >= 4 is 17.3 Å². The zero-order chi connectivity index (χ0) is 13.1. The number of hydrogen-bond acceptors (Lipinski definition) is 3. The molecule has 0 bridgehead atoms. The molecular formula is C14H16N4. The van der Waals surface area contributed by atoms with Crippen LogP contribution in [0.2, 0.25) is 0 Å². The monoisotopic (exact) mass is 240 g/mol. The van der Waals surface area contributed by atoms with Crippen LogP contribution in [0.15, 0.2) is 42.6 Å². The van der Waals surface area contributed by atoms with Crippen LogP contribution < -0.4 is 10.6 Å². The Balaban J connectivity index is 2.40. The minimum absolute atomic E-state index is 0.0722. The van der Waals surface area contributed by atoms with Gasteiger partial charge in [-0.05, 0) is 30.7 Å². The van der Waals surface area contributed by atoms with Crippen molar-refractivity contribution in [3.8, 4) is 0 Å². The van der Waals surface area contributed by atoms with Gasteiger partial charge in [0.1, 0.15) is 11.7 Å². The molecule has 0 amide bonds. The van der Waals surface area contributed by atoms with E-state index in [9.17, 15) is 0 Å². The number of nitrogen functional groups attached to an aromatic ring is 1. The summed E-state index contributed by atoms with van der Waals surface area (Å²) in [5, 5.41) is 7.46. The number of hydrogen-bond donors (Lipinski definition) is 2. The van der Waals surface area contributed by atoms with Crippen molar-refractivity contribution < 1.29 is 0 Å². The number of amidine groups is 1. The molecule has 0 aliphatic rings. The Morgan fingerprint density at radius 1 is 1.28 bits per heavy atom. The maximum Gasteiger partial charge on any atom is 0.135 e. The molecule has 1 aromatic carbocycles. The normalized spacial score (nSPS) is 10.1. The Kier molecular flexibility index (Phi) is 3.28. The molecular weight excluding hydrogens is 224 g/mol. The molecule has 2 rings (SSSR count). The first-order valence-corrected chi connectivity index (χ1v) is 5.69. The summed E-state index contributed by atoms with van der Waals surface area (Å²) in [7, 11) is 1.95. The van der Waals surface area contributed by atoms with Gasteiger partial charge in [0.2, 0.25) is 0 Å². The highest BCUT2D eigenvalue weighted by atomic mass is 15.2. The van der Waals surface area contributed by atoms with Crippen LogP contribution in [0.4, 0.5) is 11.5 Å². The van der Waals surface area contributed by atoms with Crippen molar-refractivity contribution in [1.82, 2.24) is 4.98 Å². The van der Waals surface area contributed by atoms with Gasteiger partial charge in [-0.15, -0.1) is 0 Å². The molecule has 0 radical (unpaired) electrons. The molecule has 0 saturated carbocycles. The van der Waals surface area contributed by atoms with Gasteiger partial charge in [-0.1, -0.05) is 18.2 Å². The number of aryl methyl sites for hydroxylation is 1. The van der Waals surface area contributed by atoms with E-state index in [4.69, 9.17) is 11.1 Å². The minimum Gasteiger partial charge on any atom is -0.384 e. The standard InChI is InChI=1S/C14H16N4/c1-10-5-4-8-17-14(10)18(2)12-7-3-6-11(9-12)13(15)16/h3-9H,1-2H3,(H3,15,16). The van der Waals surface area contributed by atoms with E-state index in [1.165, 1.54) is 0 Å². The van der Waals surface area contributed by atoms with E-state index in [0.717, 1.165) is 17.1 Å². The fraction of sp³-hybridized carbons (Fsp3) is 0.143. The summed E-state index contributed by atoms with van der Waals surface area (Å²) >= 11 is 0. The van der Waals surface area contributed by atoms with Crippen LogP contribution in [0.25, 0.3) is 0 Å². The molecule has 2 aromatic rings. The number of nitrogens with zero attached hydrogens (tertiary/aromatic N) is 2. The summed E-state index contributed by atoms with van der Waals surface area (Å²) < 4.78 is 0. The Morgan fingerprint density at radius 3 is 2.72 bits per heavy atom. The maximum absolute atomic E-state index is 7.46. The zero-order valence-electron chi connectivity index (χ0n) is 10.5. The lowest BCUT2D eigenvalue weighted by molar-refractivity contribution is 1.10. The SMILES string of the molecule is Cc1cccnc1N(C)c1cccc(C(=N)N)c1. The second kappa shape index (κ2) is 4.87. The number of rotatable bonds is 3. The van der Waals surface area contributed by atoms with E-state index in [1.807, 2.05) is 55.3 Å². The molecule has 0 unspecified atom stereocenters. The van der Waals surface area contributed by atoms with Gasteiger partial charge in [0.15, 0.2) is 0 Å². The first-order chi connectivity index (χ1) is 8.59. The second-order valence-corrected chi connectivity index (χ2v) is 4.17. The maximum atomic E-state index is 7.46. The van der Waals surface area contributed by atoms with Gasteiger partial charge in [-0.3, -0.25) is 5.41 Å². The van der Waals surface area contributed by atoms with Crippen LogP contribution in [-0.4, -0.2) is 17.9 Å². The molecule has 0 atom stereocenters. The third kappa shape index (κ3) is 2.32. The fourth-order valence-electron chi connectivity index (χ4n) is 1.83. The molecule has 1 aromatic heterocycles. The Hall–Kier alpha value is -2.36. The van der Waals surface area contributed by atoms with Gasteiger partial charge >= 0.3 is 0 Å². The Bertz CT molecular complexity index is 578. The van der Waals surface area contributed by atoms with E-state index in [2.05, 4.69) is 4.98 Å². The molecule has 4 heteroatoms. The van der Waals surface area contributed by atoms with E-state index >= 15 is 0 Å². The van der Waals surface area contributed by atoms with E-state index in [0.29, 0.717) is 5.56 Å². The number of aromatic nitrogens is 1. The van der Waals surface area contributed by atoms with Gasteiger partial charge < -0.3 is 10.6 Å². The molecule has 3 N–H and O–H groups in total. The lowest BCUT2D eigenvalue weighted by Gasteiger charge is -2.20. The quantitative estimate of drug-likeness (QED) is 0.639. The average Bonchev–Trinajstić information content (AvgIpc) is 2.38. The van der Waals surface area contributed by atoms with Crippen molar-refractivity contribution in [3.05, 3.63) is 53.7 Å². The Labute approximate surface area is 107 Å². The average molecular weight is 240 g/mol. The highest BCUT2D eigenvalue weighted by molar-refractivity contribution is 5.96. The third-order valence-corrected chi connectivity index (χ3v) is 2.84. The number of nitrogens with one attached hydrogen (secondary N) is 1. The molecule has 0 aliphatic heterocycles. The zero-order valence-corrected chi connectivity index (χ0v) is 10.5. The van der Waals surface area contributed by atoms with Crippen molar-refractivity contribution in [3.63, 3.8) is 0 Å². The predicted molar refractivity (Wildman–Crippen MR) is 74.5 cm³/mol. The second-order valence-electron chi connectivity index (χ2n) is 4.17. The molecule has 1 heterocycles. The molecule has 4 nitrogen and oxygen atoms in total. The number of nitrogens with two attached hydrogens (primary N) is 1. The highest BCUT2D eigenvalue weighted by Crippen LogP contribution is 2.24. The largest absolute Gasteiger partial charge is 0.384 e. The van der Waals surface area contributed by atoms with Crippen molar-refractivity contribution in [2.45, 2.75) is 6.92 Å². The predicted octanol–water partition coefficient (Wildman–Crippen LogP) is 2.44. The first kappa shape index (κ1) is 12.1. The van der Waals surface area contributed by atoms with Gasteiger partial charge in [0, 0.05) is 24.5 Å². The number of anilines is 2. The smallest absolute Gasteiger partial charge is 0.135 e. The van der Waals surface area contributed by atoms with Gasteiger partial charge in [-0.25, -0.2) is 4.98 Å². The van der Waals surface area contributed by atoms with Crippen LogP contribution in [0, 0.1) is 12.3 Å². The third-order valence-electron chi connectivity index (χ3n) is 2.84. The summed E-state index contributed by atoms with van der Waals surface area (Å²) in [5.74, 6) is 0.973. The van der Waals surface area contributed by atoms with Crippen molar-refractivity contribution in [1.29, 1.82) is 5.41 Å². The van der Waals surface area contributed by atoms with Gasteiger partial charge in [-0.2, -0.15) is 0 Å².